The van der Waals surface area contributed by atoms with Crippen molar-refractivity contribution in [2.75, 3.05) is 5.75 Å². The molecule has 0 fully saturated rings. The van der Waals surface area contributed by atoms with Crippen LogP contribution in [0.5, 0.6) is 0 Å². The van der Waals surface area contributed by atoms with E-state index in [1.807, 2.05) is 6.07 Å². The van der Waals surface area contributed by atoms with Crippen molar-refractivity contribution in [1.82, 2.24) is 0 Å². The highest BCUT2D eigenvalue weighted by Gasteiger charge is 2.21. The minimum Gasteiger partial charge on any atom is -0.258 e. The maximum atomic E-state index is 12.2. The monoisotopic (exact) mass is 325 g/mol. The molecule has 0 heterocycles. The minimum absolute atomic E-state index is 0.0229. The zero-order valence-corrected chi connectivity index (χ0v) is 12.4. The van der Waals surface area contributed by atoms with E-state index < -0.39 is 20.1 Å². The molecule has 0 unspecified atom stereocenters. The van der Waals surface area contributed by atoms with E-state index in [0.29, 0.717) is 5.56 Å². The zero-order valence-electron chi connectivity index (χ0n) is 10.8. The zero-order chi connectivity index (χ0) is 15.5. The van der Waals surface area contributed by atoms with Crippen molar-refractivity contribution in [3.63, 3.8) is 0 Å². The van der Waals surface area contributed by atoms with Crippen molar-refractivity contribution in [3.05, 3.63) is 70.3 Å². The molecule has 21 heavy (non-hydrogen) atoms. The smallest absolute Gasteiger partial charge is 0.258 e. The molecule has 0 radical (unpaired) electrons. The molecule has 1 atom stereocenters. The summed E-state index contributed by atoms with van der Waals surface area (Å²) in [6, 6.07) is 13.7. The molecular weight excluding hydrogens is 314 g/mol. The Kier molecular flexibility index (Phi) is 4.59. The lowest BCUT2D eigenvalue weighted by Gasteiger charge is -2.10. The van der Waals surface area contributed by atoms with Crippen LogP contribution in [-0.4, -0.2) is 19.1 Å². The van der Waals surface area contributed by atoms with Crippen LogP contribution in [0, 0.1) is 10.1 Å². The molecule has 0 spiro atoms. The topological polar surface area (TPSA) is 77.3 Å². The molecule has 110 valence electrons. The fourth-order valence-electron chi connectivity index (χ4n) is 1.82. The largest absolute Gasteiger partial charge is 0.269 e. The molecule has 0 aromatic heterocycles. The van der Waals surface area contributed by atoms with Crippen LogP contribution < -0.4 is 0 Å². The second-order valence-corrected chi connectivity index (χ2v) is 6.97. The van der Waals surface area contributed by atoms with Crippen molar-refractivity contribution < 1.29 is 13.3 Å². The Morgan fingerprint density at radius 1 is 1.05 bits per heavy atom. The number of hydrogen-bond donors (Lipinski definition) is 0. The average Bonchev–Trinajstić information content (AvgIpc) is 2.48. The van der Waals surface area contributed by atoms with Gasteiger partial charge in [-0.05, 0) is 17.7 Å². The van der Waals surface area contributed by atoms with Gasteiger partial charge in [-0.1, -0.05) is 30.3 Å². The first-order valence-electron chi connectivity index (χ1n) is 6.06. The standard InChI is InChI=1S/C14H12ClNO4S/c15-14(11-4-2-1-3-5-11)10-21(19,20)13-8-6-12(7-9-13)16(17)18/h1-9,14H,10H2/t14-/m1/s1. The predicted molar refractivity (Wildman–Crippen MR) is 80.2 cm³/mol. The average molecular weight is 326 g/mol. The quantitative estimate of drug-likeness (QED) is 0.480. The summed E-state index contributed by atoms with van der Waals surface area (Å²) in [6.07, 6.45) is 0. The van der Waals surface area contributed by atoms with E-state index in [0.717, 1.165) is 0 Å². The normalized spacial score (nSPS) is 12.8. The number of non-ortho nitro benzene ring substituents is 1. The van der Waals surface area contributed by atoms with E-state index >= 15 is 0 Å². The highest BCUT2D eigenvalue weighted by molar-refractivity contribution is 7.91. The van der Waals surface area contributed by atoms with Crippen molar-refractivity contribution in [2.45, 2.75) is 10.3 Å². The van der Waals surface area contributed by atoms with E-state index in [1.54, 1.807) is 24.3 Å². The number of nitrogens with zero attached hydrogens (tertiary/aromatic N) is 1. The van der Waals surface area contributed by atoms with Crippen LogP contribution in [0.25, 0.3) is 0 Å². The lowest BCUT2D eigenvalue weighted by atomic mass is 10.2. The molecule has 2 aromatic carbocycles. The second kappa shape index (κ2) is 6.24. The predicted octanol–water partition coefficient (Wildman–Crippen LogP) is 3.35. The van der Waals surface area contributed by atoms with Crippen molar-refractivity contribution in [3.8, 4) is 0 Å². The Morgan fingerprint density at radius 2 is 1.62 bits per heavy atom. The molecule has 0 saturated carbocycles. The molecule has 0 aliphatic carbocycles. The lowest BCUT2D eigenvalue weighted by molar-refractivity contribution is -0.384. The molecule has 0 bridgehead atoms. The molecule has 2 aromatic rings. The van der Waals surface area contributed by atoms with Gasteiger partial charge in [-0.15, -0.1) is 11.6 Å². The maximum Gasteiger partial charge on any atom is 0.269 e. The summed E-state index contributed by atoms with van der Waals surface area (Å²) in [5.74, 6) is -0.267. The fourth-order valence-corrected chi connectivity index (χ4v) is 3.79. The Balaban J connectivity index is 2.20. The van der Waals surface area contributed by atoms with Crippen molar-refractivity contribution in [1.29, 1.82) is 0 Å². The van der Waals surface area contributed by atoms with E-state index in [-0.39, 0.29) is 16.3 Å². The molecule has 0 saturated heterocycles. The lowest BCUT2D eigenvalue weighted by Crippen LogP contribution is -2.11. The van der Waals surface area contributed by atoms with Gasteiger partial charge in [0.15, 0.2) is 9.84 Å². The van der Waals surface area contributed by atoms with Crippen LogP contribution in [0.1, 0.15) is 10.9 Å². The van der Waals surface area contributed by atoms with Crippen LogP contribution in [0.4, 0.5) is 5.69 Å². The first-order chi connectivity index (χ1) is 9.90. The van der Waals surface area contributed by atoms with Gasteiger partial charge >= 0.3 is 0 Å². The van der Waals surface area contributed by atoms with Crippen molar-refractivity contribution >= 4 is 27.1 Å². The number of sulfone groups is 1. The van der Waals surface area contributed by atoms with Crippen LogP contribution in [0.3, 0.4) is 0 Å². The van der Waals surface area contributed by atoms with Crippen LogP contribution in [0.2, 0.25) is 0 Å². The van der Waals surface area contributed by atoms with Crippen LogP contribution in [0.15, 0.2) is 59.5 Å². The molecule has 0 amide bonds. The Labute approximate surface area is 127 Å². The molecule has 2 rings (SSSR count). The number of benzene rings is 2. The van der Waals surface area contributed by atoms with Gasteiger partial charge in [0.25, 0.3) is 5.69 Å². The van der Waals surface area contributed by atoms with Gasteiger partial charge in [-0.25, -0.2) is 8.42 Å². The van der Waals surface area contributed by atoms with Crippen LogP contribution in [-0.2, 0) is 9.84 Å². The molecule has 0 aliphatic heterocycles. The number of halogens is 1. The SMILES string of the molecule is O=[N+]([O-])c1ccc(S(=O)(=O)C[C@@H](Cl)c2ccccc2)cc1. The third-order valence-corrected chi connectivity index (χ3v) is 5.29. The summed E-state index contributed by atoms with van der Waals surface area (Å²) in [4.78, 5) is 10.0. The molecule has 0 N–H and O–H groups in total. The Bertz CT molecular complexity index is 729. The third-order valence-electron chi connectivity index (χ3n) is 2.93. The molecule has 0 aliphatic rings. The maximum absolute atomic E-state index is 12.2. The summed E-state index contributed by atoms with van der Waals surface area (Å²) < 4.78 is 24.5. The van der Waals surface area contributed by atoms with E-state index in [2.05, 4.69) is 0 Å². The third kappa shape index (κ3) is 3.80. The second-order valence-electron chi connectivity index (χ2n) is 4.41. The molecule has 5 nitrogen and oxygen atoms in total. The van der Waals surface area contributed by atoms with Gasteiger partial charge < -0.3 is 0 Å². The van der Waals surface area contributed by atoms with E-state index in [9.17, 15) is 18.5 Å². The fraction of sp³-hybridized carbons (Fsp3) is 0.143. The van der Waals surface area contributed by atoms with Gasteiger partial charge in [0, 0.05) is 12.1 Å². The first kappa shape index (κ1) is 15.5. The number of nitro benzene ring substituents is 1. The van der Waals surface area contributed by atoms with Gasteiger partial charge in [0.2, 0.25) is 0 Å². The summed E-state index contributed by atoms with van der Waals surface area (Å²) in [7, 11) is -3.60. The Hall–Kier alpha value is -1.92. The number of rotatable bonds is 5. The van der Waals surface area contributed by atoms with Crippen LogP contribution >= 0.6 is 11.6 Å². The number of hydrogen-bond acceptors (Lipinski definition) is 4. The highest BCUT2D eigenvalue weighted by Crippen LogP contribution is 2.26. The summed E-state index contributed by atoms with van der Waals surface area (Å²) in [5.41, 5.74) is 0.559. The summed E-state index contributed by atoms with van der Waals surface area (Å²) in [5, 5.41) is 9.89. The highest BCUT2D eigenvalue weighted by atomic mass is 35.5. The number of alkyl halides is 1. The molecular formula is C14H12ClNO4S. The molecule has 7 heteroatoms. The Morgan fingerprint density at radius 3 is 2.14 bits per heavy atom. The number of nitro groups is 1. The first-order valence-corrected chi connectivity index (χ1v) is 8.15. The van der Waals surface area contributed by atoms with E-state index in [4.69, 9.17) is 11.6 Å². The van der Waals surface area contributed by atoms with Gasteiger partial charge in [-0.2, -0.15) is 0 Å². The van der Waals surface area contributed by atoms with Gasteiger partial charge in [0.1, 0.15) is 0 Å². The minimum atomic E-state index is -3.60. The van der Waals surface area contributed by atoms with Gasteiger partial charge in [0.05, 0.1) is 20.9 Å². The summed E-state index contributed by atoms with van der Waals surface area (Å²) >= 11 is 6.13. The van der Waals surface area contributed by atoms with E-state index in [1.165, 1.54) is 24.3 Å². The summed E-state index contributed by atoms with van der Waals surface area (Å²) in [6.45, 7) is 0. The van der Waals surface area contributed by atoms with Gasteiger partial charge in [-0.3, -0.25) is 10.1 Å². The van der Waals surface area contributed by atoms with Crippen molar-refractivity contribution in [2.24, 2.45) is 0 Å².